The van der Waals surface area contributed by atoms with Gasteiger partial charge in [-0.1, -0.05) is 0 Å². The summed E-state index contributed by atoms with van der Waals surface area (Å²) in [4.78, 5) is 24.2. The quantitative estimate of drug-likeness (QED) is 0.701. The second kappa shape index (κ2) is 5.10. The number of carbonyl (C=O) groups is 2. The van der Waals surface area contributed by atoms with Gasteiger partial charge in [-0.15, -0.1) is 0 Å². The van der Waals surface area contributed by atoms with Crippen LogP contribution in [0.4, 0.5) is 0 Å². The normalized spacial score (nSPS) is 22.3. The molecule has 1 amide bonds. The van der Waals surface area contributed by atoms with Crippen molar-refractivity contribution in [2.75, 3.05) is 20.1 Å². The molecule has 0 aromatic rings. The van der Waals surface area contributed by atoms with Crippen molar-refractivity contribution >= 4 is 11.7 Å². The summed E-state index contributed by atoms with van der Waals surface area (Å²) in [6, 6.07) is 0.282. The van der Waals surface area contributed by atoms with E-state index in [-0.39, 0.29) is 17.7 Å². The molecule has 0 aromatic heterocycles. The Bertz CT molecular complexity index is 228. The predicted octanol–water partition coefficient (Wildman–Crippen LogP) is 0.176. The molecule has 0 aliphatic carbocycles. The zero-order valence-corrected chi connectivity index (χ0v) is 8.88. The Morgan fingerprint density at radius 3 is 2.79 bits per heavy atom. The van der Waals surface area contributed by atoms with E-state index < -0.39 is 0 Å². The van der Waals surface area contributed by atoms with Crippen molar-refractivity contribution in [2.24, 2.45) is 0 Å². The number of amides is 1. The molecule has 0 radical (unpaired) electrons. The minimum Gasteiger partial charge on any atom is -0.358 e. The molecule has 1 fully saturated rings. The van der Waals surface area contributed by atoms with E-state index in [1.807, 2.05) is 0 Å². The van der Waals surface area contributed by atoms with Gasteiger partial charge in [-0.25, -0.2) is 0 Å². The smallest absolute Gasteiger partial charge is 0.233 e. The molecule has 0 saturated carbocycles. The Balaban J connectivity index is 2.42. The standard InChI is InChI=1S/C10H18N2O2/c1-8(13)6-9-4-3-5-12(9)7-10(14)11-2/h9H,3-7H2,1-2H3,(H,11,14). The first kappa shape index (κ1) is 11.2. The summed E-state index contributed by atoms with van der Waals surface area (Å²) in [6.07, 6.45) is 2.71. The fourth-order valence-corrected chi connectivity index (χ4v) is 1.93. The summed E-state index contributed by atoms with van der Waals surface area (Å²) in [6.45, 7) is 2.97. The SMILES string of the molecule is CNC(=O)CN1CCCC1CC(C)=O. The van der Waals surface area contributed by atoms with Crippen LogP contribution in [0.5, 0.6) is 0 Å². The van der Waals surface area contributed by atoms with E-state index in [0.29, 0.717) is 13.0 Å². The van der Waals surface area contributed by atoms with E-state index >= 15 is 0 Å². The lowest BCUT2D eigenvalue weighted by atomic mass is 10.1. The van der Waals surface area contributed by atoms with E-state index in [2.05, 4.69) is 10.2 Å². The Morgan fingerprint density at radius 2 is 2.21 bits per heavy atom. The number of hydrogen-bond acceptors (Lipinski definition) is 3. The number of carbonyl (C=O) groups excluding carboxylic acids is 2. The molecule has 0 spiro atoms. The van der Waals surface area contributed by atoms with Gasteiger partial charge in [0.05, 0.1) is 6.54 Å². The molecular formula is C10H18N2O2. The van der Waals surface area contributed by atoms with E-state index in [1.54, 1.807) is 14.0 Å². The van der Waals surface area contributed by atoms with Crippen molar-refractivity contribution < 1.29 is 9.59 Å². The lowest BCUT2D eigenvalue weighted by molar-refractivity contribution is -0.123. The van der Waals surface area contributed by atoms with Crippen LogP contribution in [0, 0.1) is 0 Å². The topological polar surface area (TPSA) is 49.4 Å². The number of rotatable bonds is 4. The number of hydrogen-bond donors (Lipinski definition) is 1. The van der Waals surface area contributed by atoms with Gasteiger partial charge >= 0.3 is 0 Å². The molecular weight excluding hydrogens is 180 g/mol. The Kier molecular flexibility index (Phi) is 4.07. The van der Waals surface area contributed by atoms with E-state index in [1.165, 1.54) is 0 Å². The maximum Gasteiger partial charge on any atom is 0.233 e. The van der Waals surface area contributed by atoms with Crippen LogP contribution in [0.1, 0.15) is 26.2 Å². The van der Waals surface area contributed by atoms with Crippen molar-refractivity contribution in [3.05, 3.63) is 0 Å². The highest BCUT2D eigenvalue weighted by atomic mass is 16.2. The van der Waals surface area contributed by atoms with Crippen LogP contribution < -0.4 is 5.32 Å². The molecule has 1 rings (SSSR count). The molecule has 1 heterocycles. The van der Waals surface area contributed by atoms with Gasteiger partial charge in [-0.05, 0) is 26.3 Å². The Hall–Kier alpha value is -0.900. The van der Waals surface area contributed by atoms with Crippen molar-refractivity contribution in [1.82, 2.24) is 10.2 Å². The maximum atomic E-state index is 11.2. The molecule has 1 unspecified atom stereocenters. The first-order valence-electron chi connectivity index (χ1n) is 5.07. The van der Waals surface area contributed by atoms with Gasteiger partial charge in [0.1, 0.15) is 5.78 Å². The van der Waals surface area contributed by atoms with Crippen molar-refractivity contribution in [1.29, 1.82) is 0 Å². The zero-order chi connectivity index (χ0) is 10.6. The predicted molar refractivity (Wildman–Crippen MR) is 54.0 cm³/mol. The summed E-state index contributed by atoms with van der Waals surface area (Å²) in [5.74, 6) is 0.235. The summed E-state index contributed by atoms with van der Waals surface area (Å²) < 4.78 is 0. The van der Waals surface area contributed by atoms with Gasteiger partial charge in [0.25, 0.3) is 0 Å². The summed E-state index contributed by atoms with van der Waals surface area (Å²) in [5, 5.41) is 2.60. The monoisotopic (exact) mass is 198 g/mol. The highest BCUT2D eigenvalue weighted by Gasteiger charge is 2.26. The van der Waals surface area contributed by atoms with E-state index in [9.17, 15) is 9.59 Å². The highest BCUT2D eigenvalue weighted by Crippen LogP contribution is 2.19. The second-order valence-corrected chi connectivity index (χ2v) is 3.85. The van der Waals surface area contributed by atoms with Crippen LogP contribution in [0.15, 0.2) is 0 Å². The molecule has 80 valence electrons. The van der Waals surface area contributed by atoms with Crippen LogP contribution >= 0.6 is 0 Å². The molecule has 1 N–H and O–H groups in total. The Morgan fingerprint density at radius 1 is 1.50 bits per heavy atom. The zero-order valence-electron chi connectivity index (χ0n) is 8.88. The lowest BCUT2D eigenvalue weighted by Gasteiger charge is -2.22. The number of ketones is 1. The first-order chi connectivity index (χ1) is 6.63. The number of likely N-dealkylation sites (tertiary alicyclic amines) is 1. The van der Waals surface area contributed by atoms with Gasteiger partial charge in [-0.2, -0.15) is 0 Å². The minimum absolute atomic E-state index is 0.0282. The molecule has 1 atom stereocenters. The number of nitrogens with zero attached hydrogens (tertiary/aromatic N) is 1. The summed E-state index contributed by atoms with van der Waals surface area (Å²) in [5.41, 5.74) is 0. The molecule has 0 bridgehead atoms. The molecule has 1 aliphatic rings. The third kappa shape index (κ3) is 3.10. The highest BCUT2D eigenvalue weighted by molar-refractivity contribution is 5.78. The van der Waals surface area contributed by atoms with Gasteiger partial charge in [0.2, 0.25) is 5.91 Å². The fourth-order valence-electron chi connectivity index (χ4n) is 1.93. The van der Waals surface area contributed by atoms with Crippen LogP contribution in [0.2, 0.25) is 0 Å². The molecule has 14 heavy (non-hydrogen) atoms. The average Bonchev–Trinajstić information content (AvgIpc) is 2.52. The second-order valence-electron chi connectivity index (χ2n) is 3.85. The average molecular weight is 198 g/mol. The number of Topliss-reactive ketones (excluding diaryl/α,β-unsaturated/α-hetero) is 1. The van der Waals surface area contributed by atoms with Crippen LogP contribution in [0.3, 0.4) is 0 Å². The first-order valence-corrected chi connectivity index (χ1v) is 5.07. The van der Waals surface area contributed by atoms with E-state index in [4.69, 9.17) is 0 Å². The van der Waals surface area contributed by atoms with Crippen molar-refractivity contribution in [2.45, 2.75) is 32.2 Å². The molecule has 0 aromatic carbocycles. The van der Waals surface area contributed by atoms with Gasteiger partial charge < -0.3 is 5.32 Å². The minimum atomic E-state index is 0.0282. The summed E-state index contributed by atoms with van der Waals surface area (Å²) >= 11 is 0. The number of likely N-dealkylation sites (N-methyl/N-ethyl adjacent to an activating group) is 1. The molecule has 4 nitrogen and oxygen atoms in total. The fraction of sp³-hybridized carbons (Fsp3) is 0.800. The van der Waals surface area contributed by atoms with Crippen LogP contribution in [-0.2, 0) is 9.59 Å². The lowest BCUT2D eigenvalue weighted by Crippen LogP contribution is -2.39. The Labute approximate surface area is 84.7 Å². The third-order valence-electron chi connectivity index (χ3n) is 2.65. The van der Waals surface area contributed by atoms with Gasteiger partial charge in [-0.3, -0.25) is 14.5 Å². The molecule has 1 aliphatic heterocycles. The van der Waals surface area contributed by atoms with Crippen molar-refractivity contribution in [3.8, 4) is 0 Å². The molecule has 4 heteroatoms. The third-order valence-corrected chi connectivity index (χ3v) is 2.65. The van der Waals surface area contributed by atoms with Gasteiger partial charge in [0, 0.05) is 19.5 Å². The molecule has 1 saturated heterocycles. The largest absolute Gasteiger partial charge is 0.358 e. The van der Waals surface area contributed by atoms with Crippen molar-refractivity contribution in [3.63, 3.8) is 0 Å². The maximum absolute atomic E-state index is 11.2. The van der Waals surface area contributed by atoms with Gasteiger partial charge in [0.15, 0.2) is 0 Å². The van der Waals surface area contributed by atoms with E-state index in [0.717, 1.165) is 19.4 Å². The number of nitrogens with one attached hydrogen (secondary N) is 1. The van der Waals surface area contributed by atoms with Crippen LogP contribution in [0.25, 0.3) is 0 Å². The summed E-state index contributed by atoms with van der Waals surface area (Å²) in [7, 11) is 1.64. The van der Waals surface area contributed by atoms with Crippen LogP contribution in [-0.4, -0.2) is 42.8 Å².